The summed E-state index contributed by atoms with van der Waals surface area (Å²) >= 11 is 0. The van der Waals surface area contributed by atoms with Gasteiger partial charge in [-0.2, -0.15) is 0 Å². The molecule has 0 fully saturated rings. The molecule has 112 valence electrons. The van der Waals surface area contributed by atoms with Crippen LogP contribution >= 0.6 is 0 Å². The zero-order chi connectivity index (χ0) is 15.8. The fourth-order valence-electron chi connectivity index (χ4n) is 1.84. The summed E-state index contributed by atoms with van der Waals surface area (Å²) in [5, 5.41) is 6.05. The fourth-order valence-corrected chi connectivity index (χ4v) is 1.84. The lowest BCUT2D eigenvalue weighted by atomic mass is 10.1. The highest BCUT2D eigenvalue weighted by atomic mass is 16.1. The van der Waals surface area contributed by atoms with Gasteiger partial charge in [-0.1, -0.05) is 12.1 Å². The number of benzene rings is 1. The van der Waals surface area contributed by atoms with Gasteiger partial charge in [0.1, 0.15) is 0 Å². The average Bonchev–Trinajstić information content (AvgIpc) is 2.58. The Morgan fingerprint density at radius 2 is 2.05 bits per heavy atom. The van der Waals surface area contributed by atoms with Gasteiger partial charge in [0.25, 0.3) is 0 Å². The number of nitrogens with two attached hydrogens (primary N) is 1. The number of nitrogens with zero attached hydrogens (tertiary/aromatic N) is 1. The maximum atomic E-state index is 11.1. The minimum Gasteiger partial charge on any atom is -0.399 e. The van der Waals surface area contributed by atoms with Crippen molar-refractivity contribution in [3.63, 3.8) is 0 Å². The lowest BCUT2D eigenvalue weighted by Gasteiger charge is -2.10. The maximum Gasteiger partial charge on any atom is 0.152 e. The number of hydrogen-bond donors (Lipinski definition) is 3. The second-order valence-corrected chi connectivity index (χ2v) is 4.50. The number of aldehydes is 2. The Morgan fingerprint density at radius 3 is 2.73 bits per heavy atom. The van der Waals surface area contributed by atoms with E-state index in [2.05, 4.69) is 15.6 Å². The predicted octanol–water partition coefficient (Wildman–Crippen LogP) is 2.03. The summed E-state index contributed by atoms with van der Waals surface area (Å²) in [6, 6.07) is 8.69. The minimum atomic E-state index is 0.325. The highest BCUT2D eigenvalue weighted by molar-refractivity contribution is 5.95. The zero-order valence-electron chi connectivity index (χ0n) is 11.8. The SMILES string of the molecule is N/C(=C\Nc1cccnc1)CNc1cccc(C=O)c1C=O. The molecule has 2 aromatic rings. The van der Waals surface area contributed by atoms with Gasteiger partial charge in [-0.3, -0.25) is 14.6 Å². The van der Waals surface area contributed by atoms with Gasteiger partial charge in [0.15, 0.2) is 12.6 Å². The van der Waals surface area contributed by atoms with Crippen LogP contribution in [0.3, 0.4) is 0 Å². The first-order valence-electron chi connectivity index (χ1n) is 6.63. The van der Waals surface area contributed by atoms with Crippen molar-refractivity contribution in [2.75, 3.05) is 17.2 Å². The van der Waals surface area contributed by atoms with Crippen molar-refractivity contribution >= 4 is 23.9 Å². The van der Waals surface area contributed by atoms with Crippen molar-refractivity contribution in [3.05, 3.63) is 65.7 Å². The molecular formula is C16H16N4O2. The van der Waals surface area contributed by atoms with Crippen LogP contribution in [-0.2, 0) is 0 Å². The number of aromatic nitrogens is 1. The molecule has 1 heterocycles. The highest BCUT2D eigenvalue weighted by Crippen LogP contribution is 2.16. The van der Waals surface area contributed by atoms with Crippen LogP contribution in [0.15, 0.2) is 54.6 Å². The molecule has 0 aliphatic carbocycles. The van der Waals surface area contributed by atoms with Gasteiger partial charge < -0.3 is 16.4 Å². The second-order valence-electron chi connectivity index (χ2n) is 4.50. The van der Waals surface area contributed by atoms with E-state index in [4.69, 9.17) is 5.73 Å². The Hall–Kier alpha value is -3.15. The molecule has 0 saturated heterocycles. The maximum absolute atomic E-state index is 11.1. The van der Waals surface area contributed by atoms with Gasteiger partial charge in [0.2, 0.25) is 0 Å². The molecule has 0 atom stereocenters. The molecular weight excluding hydrogens is 280 g/mol. The van der Waals surface area contributed by atoms with Crippen LogP contribution in [0.25, 0.3) is 0 Å². The number of anilines is 2. The third kappa shape index (κ3) is 3.92. The Labute approximate surface area is 128 Å². The van der Waals surface area contributed by atoms with Crippen LogP contribution in [-0.4, -0.2) is 24.1 Å². The van der Waals surface area contributed by atoms with Crippen LogP contribution in [0.1, 0.15) is 20.7 Å². The van der Waals surface area contributed by atoms with Crippen LogP contribution < -0.4 is 16.4 Å². The molecule has 6 nitrogen and oxygen atoms in total. The van der Waals surface area contributed by atoms with E-state index < -0.39 is 0 Å². The van der Waals surface area contributed by atoms with E-state index in [1.165, 1.54) is 0 Å². The van der Waals surface area contributed by atoms with Gasteiger partial charge >= 0.3 is 0 Å². The zero-order valence-corrected chi connectivity index (χ0v) is 11.8. The smallest absolute Gasteiger partial charge is 0.152 e. The van der Waals surface area contributed by atoms with Crippen molar-refractivity contribution < 1.29 is 9.59 Å². The van der Waals surface area contributed by atoms with Crippen LogP contribution in [0.5, 0.6) is 0 Å². The molecule has 0 bridgehead atoms. The number of rotatable bonds is 7. The molecule has 2 rings (SSSR count). The molecule has 0 radical (unpaired) electrons. The third-order valence-electron chi connectivity index (χ3n) is 2.95. The van der Waals surface area contributed by atoms with E-state index in [-0.39, 0.29) is 0 Å². The number of hydrogen-bond acceptors (Lipinski definition) is 6. The Morgan fingerprint density at radius 1 is 1.18 bits per heavy atom. The van der Waals surface area contributed by atoms with E-state index in [1.54, 1.807) is 36.8 Å². The quantitative estimate of drug-likeness (QED) is 0.676. The third-order valence-corrected chi connectivity index (χ3v) is 2.95. The monoisotopic (exact) mass is 296 g/mol. The van der Waals surface area contributed by atoms with Crippen molar-refractivity contribution in [2.45, 2.75) is 0 Å². The van der Waals surface area contributed by atoms with E-state index in [0.29, 0.717) is 41.6 Å². The molecule has 0 aliphatic heterocycles. The normalized spacial score (nSPS) is 10.8. The summed E-state index contributed by atoms with van der Waals surface area (Å²) in [5.74, 6) is 0. The van der Waals surface area contributed by atoms with Crippen molar-refractivity contribution in [1.82, 2.24) is 4.98 Å². The summed E-state index contributed by atoms with van der Waals surface area (Å²) in [7, 11) is 0. The molecule has 0 amide bonds. The first kappa shape index (κ1) is 15.2. The first-order valence-corrected chi connectivity index (χ1v) is 6.63. The van der Waals surface area contributed by atoms with E-state index in [9.17, 15) is 9.59 Å². The number of carbonyl (C=O) groups excluding carboxylic acids is 2. The molecule has 0 unspecified atom stereocenters. The number of nitrogens with one attached hydrogen (secondary N) is 2. The molecule has 1 aromatic carbocycles. The van der Waals surface area contributed by atoms with Gasteiger partial charge in [-0.15, -0.1) is 0 Å². The topological polar surface area (TPSA) is 97.1 Å². The number of carbonyl (C=O) groups is 2. The van der Waals surface area contributed by atoms with Crippen LogP contribution in [0, 0.1) is 0 Å². The van der Waals surface area contributed by atoms with Gasteiger partial charge in [0, 0.05) is 34.9 Å². The second kappa shape index (κ2) is 7.58. The molecule has 6 heteroatoms. The summed E-state index contributed by atoms with van der Waals surface area (Å²) in [5.41, 5.74) is 8.48. The molecule has 0 saturated carbocycles. The fraction of sp³-hybridized carbons (Fsp3) is 0.0625. The number of pyridine rings is 1. The lowest BCUT2D eigenvalue weighted by molar-refractivity contribution is 0.109. The van der Waals surface area contributed by atoms with Crippen LogP contribution in [0.2, 0.25) is 0 Å². The first-order chi connectivity index (χ1) is 10.7. The molecule has 4 N–H and O–H groups in total. The van der Waals surface area contributed by atoms with Crippen molar-refractivity contribution in [2.24, 2.45) is 5.73 Å². The lowest BCUT2D eigenvalue weighted by Crippen LogP contribution is -2.14. The molecule has 0 aliphatic rings. The van der Waals surface area contributed by atoms with E-state index >= 15 is 0 Å². The van der Waals surface area contributed by atoms with Gasteiger partial charge in [-0.25, -0.2) is 0 Å². The van der Waals surface area contributed by atoms with Crippen molar-refractivity contribution in [1.29, 1.82) is 0 Å². The summed E-state index contributed by atoms with van der Waals surface area (Å²) in [6.45, 7) is 0.330. The summed E-state index contributed by atoms with van der Waals surface area (Å²) < 4.78 is 0. The minimum absolute atomic E-state index is 0.325. The Kier molecular flexibility index (Phi) is 5.25. The van der Waals surface area contributed by atoms with E-state index in [1.807, 2.05) is 12.1 Å². The molecule has 1 aromatic heterocycles. The average molecular weight is 296 g/mol. The van der Waals surface area contributed by atoms with Gasteiger partial charge in [0.05, 0.1) is 18.4 Å². The Balaban J connectivity index is 2.00. The van der Waals surface area contributed by atoms with Crippen molar-refractivity contribution in [3.8, 4) is 0 Å². The molecule has 0 spiro atoms. The summed E-state index contributed by atoms with van der Waals surface area (Å²) in [6.07, 6.45) is 6.31. The van der Waals surface area contributed by atoms with Gasteiger partial charge in [-0.05, 0) is 18.2 Å². The Bertz CT molecular complexity index is 684. The highest BCUT2D eigenvalue weighted by Gasteiger charge is 2.06. The summed E-state index contributed by atoms with van der Waals surface area (Å²) in [4.78, 5) is 26.0. The largest absolute Gasteiger partial charge is 0.399 e. The molecule has 22 heavy (non-hydrogen) atoms. The standard InChI is InChI=1S/C16H16N4O2/c17-13(7-19-14-4-2-6-18-9-14)8-20-16-5-1-3-12(10-21)15(16)11-22/h1-7,9-11,19-20H,8,17H2/b13-7-. The van der Waals surface area contributed by atoms with E-state index in [0.717, 1.165) is 5.69 Å². The predicted molar refractivity (Wildman–Crippen MR) is 85.8 cm³/mol. The van der Waals surface area contributed by atoms with Crippen LogP contribution in [0.4, 0.5) is 11.4 Å².